The summed E-state index contributed by atoms with van der Waals surface area (Å²) in [5.74, 6) is 6.20. The molecule has 1 N–H and O–H groups in total. The van der Waals surface area contributed by atoms with Crippen molar-refractivity contribution in [3.63, 3.8) is 0 Å². The summed E-state index contributed by atoms with van der Waals surface area (Å²) in [4.78, 5) is 11.7. The van der Waals surface area contributed by atoms with Gasteiger partial charge in [0.1, 0.15) is 6.61 Å². The third kappa shape index (κ3) is 3.41. The lowest BCUT2D eigenvalue weighted by molar-refractivity contribution is 0.141. The molecule has 0 saturated carbocycles. The summed E-state index contributed by atoms with van der Waals surface area (Å²) in [7, 11) is 0. The maximum absolute atomic E-state index is 11.7. The Bertz CT molecular complexity index is 1000. The van der Waals surface area contributed by atoms with Gasteiger partial charge in [0, 0.05) is 5.56 Å². The fourth-order valence-corrected chi connectivity index (χ4v) is 3.39. The van der Waals surface area contributed by atoms with Gasteiger partial charge in [0.2, 0.25) is 0 Å². The number of nitrogens with one attached hydrogen (secondary N) is 1. The summed E-state index contributed by atoms with van der Waals surface area (Å²) in [5, 5.41) is 5.23. The first-order valence-electron chi connectivity index (χ1n) is 8.78. The third-order valence-electron chi connectivity index (χ3n) is 4.63. The van der Waals surface area contributed by atoms with E-state index in [0.29, 0.717) is 0 Å². The number of rotatable bonds is 3. The molecule has 3 heteroatoms. The highest BCUT2D eigenvalue weighted by atomic mass is 16.5. The topological polar surface area (TPSA) is 38.3 Å². The van der Waals surface area contributed by atoms with Gasteiger partial charge in [-0.15, -0.1) is 0 Å². The van der Waals surface area contributed by atoms with Crippen molar-refractivity contribution in [1.82, 2.24) is 5.32 Å². The van der Waals surface area contributed by atoms with Gasteiger partial charge in [-0.1, -0.05) is 66.4 Å². The molecule has 0 atom stereocenters. The molecule has 1 aliphatic rings. The van der Waals surface area contributed by atoms with Crippen molar-refractivity contribution in [2.75, 3.05) is 6.54 Å². The number of carbonyl (C=O) groups excluding carboxylic acids is 1. The van der Waals surface area contributed by atoms with Gasteiger partial charge in [0.15, 0.2) is 0 Å². The number of aryl methyl sites for hydroxylation is 2. The van der Waals surface area contributed by atoms with Crippen LogP contribution in [0.5, 0.6) is 0 Å². The standard InChI is InChI=1S/C23H19NO2/c25-23(26-16-17-6-2-1-3-7-17)24-15-5-9-18-11-12-20-14-13-19-8-4-10-21(18)22(19)20/h1-4,6-8,10-12H,13-16H2,(H,24,25). The number of hydrogen-bond donors (Lipinski definition) is 1. The molecule has 0 saturated heterocycles. The van der Waals surface area contributed by atoms with Crippen molar-refractivity contribution in [2.45, 2.75) is 19.4 Å². The number of carbonyl (C=O) groups is 1. The number of ether oxygens (including phenoxy) is 1. The van der Waals surface area contributed by atoms with Gasteiger partial charge in [-0.3, -0.25) is 0 Å². The molecule has 128 valence electrons. The molecule has 3 aromatic carbocycles. The van der Waals surface area contributed by atoms with E-state index < -0.39 is 6.09 Å². The Morgan fingerprint density at radius 1 is 0.962 bits per heavy atom. The van der Waals surface area contributed by atoms with Crippen molar-refractivity contribution in [3.8, 4) is 11.8 Å². The highest BCUT2D eigenvalue weighted by Gasteiger charge is 2.14. The van der Waals surface area contributed by atoms with E-state index in [1.807, 2.05) is 30.3 Å². The Kier molecular flexibility index (Phi) is 4.57. The maximum Gasteiger partial charge on any atom is 0.408 e. The van der Waals surface area contributed by atoms with E-state index in [2.05, 4.69) is 47.5 Å². The van der Waals surface area contributed by atoms with Crippen molar-refractivity contribution in [1.29, 1.82) is 0 Å². The molecule has 3 aromatic rings. The SMILES string of the molecule is O=C(NCC#Cc1ccc2c3c(cccc13)CC2)OCc1ccccc1. The Morgan fingerprint density at radius 2 is 1.77 bits per heavy atom. The first-order chi connectivity index (χ1) is 12.8. The van der Waals surface area contributed by atoms with E-state index in [-0.39, 0.29) is 13.2 Å². The van der Waals surface area contributed by atoms with Gasteiger partial charge in [0.05, 0.1) is 6.54 Å². The average Bonchev–Trinajstić information content (AvgIpc) is 3.11. The lowest BCUT2D eigenvalue weighted by Gasteiger charge is -2.05. The van der Waals surface area contributed by atoms with Gasteiger partial charge in [-0.2, -0.15) is 0 Å². The molecule has 1 amide bonds. The average molecular weight is 341 g/mol. The first-order valence-corrected chi connectivity index (χ1v) is 8.78. The highest BCUT2D eigenvalue weighted by Crippen LogP contribution is 2.32. The molecule has 0 heterocycles. The molecule has 26 heavy (non-hydrogen) atoms. The van der Waals surface area contributed by atoms with Gasteiger partial charge in [-0.05, 0) is 46.4 Å². The molecule has 0 radical (unpaired) electrons. The Hall–Kier alpha value is -3.25. The van der Waals surface area contributed by atoms with Crippen LogP contribution in [-0.4, -0.2) is 12.6 Å². The zero-order valence-electron chi connectivity index (χ0n) is 14.4. The summed E-state index contributed by atoms with van der Waals surface area (Å²) in [6.07, 6.45) is 1.76. The monoisotopic (exact) mass is 341 g/mol. The molecule has 0 aliphatic heterocycles. The zero-order chi connectivity index (χ0) is 17.8. The van der Waals surface area contributed by atoms with Gasteiger partial charge < -0.3 is 10.1 Å². The van der Waals surface area contributed by atoms with Crippen LogP contribution in [-0.2, 0) is 24.2 Å². The number of alkyl carbamates (subject to hydrolysis) is 1. The van der Waals surface area contributed by atoms with Crippen LogP contribution >= 0.6 is 0 Å². The van der Waals surface area contributed by atoms with Crippen LogP contribution in [0, 0.1) is 11.8 Å². The second-order valence-electron chi connectivity index (χ2n) is 6.33. The van der Waals surface area contributed by atoms with Crippen molar-refractivity contribution in [3.05, 3.63) is 82.9 Å². The van der Waals surface area contributed by atoms with Crippen LogP contribution < -0.4 is 5.32 Å². The Morgan fingerprint density at radius 3 is 2.62 bits per heavy atom. The number of benzene rings is 3. The first kappa shape index (κ1) is 16.2. The maximum atomic E-state index is 11.7. The van der Waals surface area contributed by atoms with Crippen molar-refractivity contribution in [2.24, 2.45) is 0 Å². The molecule has 3 nitrogen and oxygen atoms in total. The molecular weight excluding hydrogens is 322 g/mol. The van der Waals surface area contributed by atoms with Crippen LogP contribution in [0.1, 0.15) is 22.3 Å². The quantitative estimate of drug-likeness (QED) is 0.725. The normalized spacial score (nSPS) is 11.7. The van der Waals surface area contributed by atoms with Crippen molar-refractivity contribution < 1.29 is 9.53 Å². The Balaban J connectivity index is 1.37. The fraction of sp³-hybridized carbons (Fsp3) is 0.174. The minimum absolute atomic E-state index is 0.259. The molecular formula is C23H19NO2. The number of hydrogen-bond acceptors (Lipinski definition) is 2. The molecule has 4 rings (SSSR count). The lowest BCUT2D eigenvalue weighted by atomic mass is 10.0. The predicted molar refractivity (Wildman–Crippen MR) is 103 cm³/mol. The van der Waals surface area contributed by atoms with Crippen LogP contribution in [0.2, 0.25) is 0 Å². The van der Waals surface area contributed by atoms with E-state index in [1.165, 1.54) is 21.9 Å². The van der Waals surface area contributed by atoms with E-state index in [4.69, 9.17) is 4.74 Å². The molecule has 1 aliphatic carbocycles. The second kappa shape index (κ2) is 7.33. The van der Waals surface area contributed by atoms with E-state index >= 15 is 0 Å². The summed E-state index contributed by atoms with van der Waals surface area (Å²) in [6, 6.07) is 20.3. The Labute approximate surface area is 153 Å². The molecule has 0 fully saturated rings. The van der Waals surface area contributed by atoms with Crippen LogP contribution in [0.4, 0.5) is 4.79 Å². The molecule has 0 bridgehead atoms. The predicted octanol–water partition coefficient (Wildman–Crippen LogP) is 4.22. The summed E-state index contributed by atoms with van der Waals surface area (Å²) >= 11 is 0. The zero-order valence-corrected chi connectivity index (χ0v) is 14.4. The summed E-state index contributed by atoms with van der Waals surface area (Å²) in [5.41, 5.74) is 4.78. The van der Waals surface area contributed by atoms with Gasteiger partial charge >= 0.3 is 6.09 Å². The highest BCUT2D eigenvalue weighted by molar-refractivity contribution is 5.95. The van der Waals surface area contributed by atoms with Crippen LogP contribution in [0.25, 0.3) is 10.8 Å². The minimum atomic E-state index is -0.455. The third-order valence-corrected chi connectivity index (χ3v) is 4.63. The fourth-order valence-electron chi connectivity index (χ4n) is 3.39. The molecule has 0 unspecified atom stereocenters. The van der Waals surface area contributed by atoms with Crippen molar-refractivity contribution >= 4 is 16.9 Å². The largest absolute Gasteiger partial charge is 0.445 e. The number of amides is 1. The molecule has 0 spiro atoms. The minimum Gasteiger partial charge on any atom is -0.445 e. The van der Waals surface area contributed by atoms with E-state index in [0.717, 1.165) is 24.0 Å². The van der Waals surface area contributed by atoms with Gasteiger partial charge in [-0.25, -0.2) is 4.79 Å². The lowest BCUT2D eigenvalue weighted by Crippen LogP contribution is -2.24. The van der Waals surface area contributed by atoms with Gasteiger partial charge in [0.25, 0.3) is 0 Å². The van der Waals surface area contributed by atoms with Crippen LogP contribution in [0.3, 0.4) is 0 Å². The summed E-state index contributed by atoms with van der Waals surface area (Å²) < 4.78 is 5.17. The smallest absolute Gasteiger partial charge is 0.408 e. The second-order valence-corrected chi connectivity index (χ2v) is 6.33. The summed E-state index contributed by atoms with van der Waals surface area (Å²) in [6.45, 7) is 0.519. The van der Waals surface area contributed by atoms with E-state index in [1.54, 1.807) is 0 Å². The molecule has 0 aromatic heterocycles. The van der Waals surface area contributed by atoms with Crippen LogP contribution in [0.15, 0.2) is 60.7 Å². The van der Waals surface area contributed by atoms with E-state index in [9.17, 15) is 4.79 Å².